The van der Waals surface area contributed by atoms with E-state index < -0.39 is 0 Å². The third-order valence-corrected chi connectivity index (χ3v) is 9.90. The van der Waals surface area contributed by atoms with Gasteiger partial charge < -0.3 is 10.1 Å². The maximum atomic E-state index is 16.3. The van der Waals surface area contributed by atoms with E-state index in [9.17, 15) is 4.79 Å². The molecule has 1 fully saturated rings. The molecule has 2 aromatic heterocycles. The lowest BCUT2D eigenvalue weighted by atomic mass is 9.92. The van der Waals surface area contributed by atoms with Gasteiger partial charge in [-0.25, -0.2) is 9.37 Å². The molecule has 0 bridgehead atoms. The lowest BCUT2D eigenvalue weighted by Crippen LogP contribution is -2.30. The van der Waals surface area contributed by atoms with E-state index in [-0.39, 0.29) is 11.7 Å². The molecule has 2 aromatic carbocycles. The second-order valence-corrected chi connectivity index (χ2v) is 13.4. The van der Waals surface area contributed by atoms with E-state index in [2.05, 4.69) is 42.4 Å². The fraction of sp³-hybridized carbons (Fsp3) is 0.381. The molecule has 6 nitrogen and oxygen atoms in total. The number of pyridine rings is 2. The number of unbranched alkanes of at least 4 members (excludes halogenated alkanes) is 2. The van der Waals surface area contributed by atoms with E-state index in [1.165, 1.54) is 5.56 Å². The maximum Gasteiger partial charge on any atom is 0.220 e. The molecule has 0 saturated carbocycles. The van der Waals surface area contributed by atoms with Crippen LogP contribution in [0.2, 0.25) is 0 Å². The summed E-state index contributed by atoms with van der Waals surface area (Å²) in [7, 11) is 1.62. The fourth-order valence-corrected chi connectivity index (χ4v) is 7.17. The summed E-state index contributed by atoms with van der Waals surface area (Å²) in [4.78, 5) is 25.9. The third-order valence-electron chi connectivity index (χ3n) is 9.90. The SMILES string of the molecule is COc1nc(-c2cccc(-c3cccc(CCCC4=c5nccc/c5=C/CCC(C)=N4)c3C)c2F)ccc1CCCCC[C@@H]1CCC(=O)N1. The number of rotatable bonds is 13. The van der Waals surface area contributed by atoms with Crippen LogP contribution in [0.25, 0.3) is 34.2 Å². The molecule has 0 radical (unpaired) electrons. The van der Waals surface area contributed by atoms with Gasteiger partial charge in [0.15, 0.2) is 0 Å². The molecule has 1 amide bonds. The summed E-state index contributed by atoms with van der Waals surface area (Å²) < 4.78 is 22.0. The molecule has 7 heteroatoms. The molecule has 1 N–H and O–H groups in total. The van der Waals surface area contributed by atoms with Crippen molar-refractivity contribution in [3.05, 3.63) is 99.9 Å². The largest absolute Gasteiger partial charge is 0.481 e. The number of ether oxygens (including phenoxy) is 1. The van der Waals surface area contributed by atoms with Crippen LogP contribution in [0, 0.1) is 12.7 Å². The molecule has 6 rings (SSSR count). The summed E-state index contributed by atoms with van der Waals surface area (Å²) in [6.45, 7) is 4.19. The van der Waals surface area contributed by atoms with Crippen molar-refractivity contribution in [1.82, 2.24) is 15.3 Å². The average molecular weight is 659 g/mol. The normalized spacial score (nSPS) is 16.6. The molecule has 1 atom stereocenters. The van der Waals surface area contributed by atoms with E-state index >= 15 is 4.39 Å². The number of hydrogen-bond donors (Lipinski definition) is 1. The molecule has 0 unspecified atom stereocenters. The molecule has 4 aromatic rings. The zero-order valence-corrected chi connectivity index (χ0v) is 29.0. The number of nitrogens with zero attached hydrogens (tertiary/aromatic N) is 3. The van der Waals surface area contributed by atoms with Crippen LogP contribution in [0.15, 0.2) is 71.9 Å². The van der Waals surface area contributed by atoms with Gasteiger partial charge in [0, 0.05) is 41.1 Å². The second kappa shape index (κ2) is 16.2. The van der Waals surface area contributed by atoms with Gasteiger partial charge in [-0.3, -0.25) is 14.8 Å². The number of aliphatic imine (C=N–C) groups is 1. The van der Waals surface area contributed by atoms with Crippen LogP contribution in [-0.2, 0) is 17.6 Å². The maximum absolute atomic E-state index is 16.3. The number of hydrogen-bond acceptors (Lipinski definition) is 5. The van der Waals surface area contributed by atoms with Crippen molar-refractivity contribution < 1.29 is 13.9 Å². The number of nitrogens with one attached hydrogen (secondary N) is 1. The first-order chi connectivity index (χ1) is 23.9. The van der Waals surface area contributed by atoms with Gasteiger partial charge in [0.2, 0.25) is 11.8 Å². The summed E-state index contributed by atoms with van der Waals surface area (Å²) >= 11 is 0. The molecular formula is C42H47FN4O2. The zero-order valence-electron chi connectivity index (χ0n) is 29.0. The van der Waals surface area contributed by atoms with E-state index in [0.29, 0.717) is 35.2 Å². The molecule has 1 saturated heterocycles. The van der Waals surface area contributed by atoms with Crippen LogP contribution in [-0.4, -0.2) is 34.7 Å². The van der Waals surface area contributed by atoms with Crippen molar-refractivity contribution in [1.29, 1.82) is 0 Å². The Balaban J connectivity index is 1.15. The quantitative estimate of drug-likeness (QED) is 0.149. The highest BCUT2D eigenvalue weighted by atomic mass is 19.1. The van der Waals surface area contributed by atoms with Gasteiger partial charge in [0.05, 0.1) is 23.8 Å². The molecule has 4 heterocycles. The molecule has 2 aliphatic rings. The highest BCUT2D eigenvalue weighted by Crippen LogP contribution is 2.34. The second-order valence-electron chi connectivity index (χ2n) is 13.4. The Labute approximate surface area is 289 Å². The molecule has 0 spiro atoms. The van der Waals surface area contributed by atoms with Crippen LogP contribution in [0.3, 0.4) is 0 Å². The van der Waals surface area contributed by atoms with Crippen molar-refractivity contribution in [3.8, 4) is 28.3 Å². The monoisotopic (exact) mass is 658 g/mol. The topological polar surface area (TPSA) is 76.5 Å². The lowest BCUT2D eigenvalue weighted by Gasteiger charge is -2.15. The smallest absolute Gasteiger partial charge is 0.220 e. The van der Waals surface area contributed by atoms with E-state index in [0.717, 1.165) is 109 Å². The van der Waals surface area contributed by atoms with E-state index in [1.54, 1.807) is 13.2 Å². The highest BCUT2D eigenvalue weighted by Gasteiger charge is 2.20. The van der Waals surface area contributed by atoms with Crippen LogP contribution < -0.4 is 20.6 Å². The number of benzene rings is 2. The first kappa shape index (κ1) is 34.2. The van der Waals surface area contributed by atoms with Crippen LogP contribution in [0.1, 0.15) is 87.8 Å². The molecule has 49 heavy (non-hydrogen) atoms. The Morgan fingerprint density at radius 2 is 1.67 bits per heavy atom. The third kappa shape index (κ3) is 8.33. The Morgan fingerprint density at radius 1 is 0.857 bits per heavy atom. The van der Waals surface area contributed by atoms with Gasteiger partial charge >= 0.3 is 0 Å². The Morgan fingerprint density at radius 3 is 2.51 bits per heavy atom. The highest BCUT2D eigenvalue weighted by molar-refractivity contribution is 5.86. The van der Waals surface area contributed by atoms with Crippen molar-refractivity contribution in [2.75, 3.05) is 7.11 Å². The number of fused-ring (bicyclic) bond motifs is 1. The number of halogens is 1. The number of carbonyl (C=O) groups excluding carboxylic acids is 1. The predicted molar refractivity (Wildman–Crippen MR) is 196 cm³/mol. The van der Waals surface area contributed by atoms with Crippen LogP contribution in [0.5, 0.6) is 5.88 Å². The standard InChI is InChI=1S/C42H47FN4O2/c1-28-12-7-16-31-17-11-27-44-41(31)38(45-28)22-9-15-30-14-8-19-34(29(30)2)35-20-10-21-36(40(35)43)37-25-23-32(42(47-37)49-3)13-5-4-6-18-33-24-26-39(48)46-33/h8,10-11,14,16-17,19-21,23,25,27,33H,4-7,9,12-13,15,18,22,24,26H2,1-3H3,(H,46,48)/b31-16-,41-38?,45-28?/t33-/m1/s1. The Bertz CT molecular complexity index is 1970. The summed E-state index contributed by atoms with van der Waals surface area (Å²) in [5.74, 6) is 0.436. The fourth-order valence-electron chi connectivity index (χ4n) is 7.17. The number of aryl methyl sites for hydroxylation is 2. The minimum Gasteiger partial charge on any atom is -0.481 e. The van der Waals surface area contributed by atoms with E-state index in [1.807, 2.05) is 48.7 Å². The number of methoxy groups -OCH3 is 1. The van der Waals surface area contributed by atoms with Gasteiger partial charge in [-0.1, -0.05) is 61.4 Å². The summed E-state index contributed by atoms with van der Waals surface area (Å²) in [5, 5.41) is 5.19. The predicted octanol–water partition coefficient (Wildman–Crippen LogP) is 7.81. The van der Waals surface area contributed by atoms with Crippen LogP contribution in [0.4, 0.5) is 4.39 Å². The minimum atomic E-state index is -0.280. The van der Waals surface area contributed by atoms with Crippen molar-refractivity contribution in [3.63, 3.8) is 0 Å². The average Bonchev–Trinajstić information content (AvgIpc) is 3.52. The van der Waals surface area contributed by atoms with Crippen LogP contribution >= 0.6 is 0 Å². The van der Waals surface area contributed by atoms with Gasteiger partial charge in [-0.05, 0) is 112 Å². The molecule has 2 aliphatic heterocycles. The molecule has 254 valence electrons. The molecule has 0 aliphatic carbocycles. The summed E-state index contributed by atoms with van der Waals surface area (Å²) in [6, 6.07) is 20.1. The summed E-state index contributed by atoms with van der Waals surface area (Å²) in [5.41, 5.74) is 7.99. The number of amides is 1. The first-order valence-corrected chi connectivity index (χ1v) is 17.8. The van der Waals surface area contributed by atoms with Gasteiger partial charge in [-0.2, -0.15) is 0 Å². The van der Waals surface area contributed by atoms with Crippen molar-refractivity contribution in [2.24, 2.45) is 4.99 Å². The summed E-state index contributed by atoms with van der Waals surface area (Å²) in [6.07, 6.45) is 15.3. The van der Waals surface area contributed by atoms with Gasteiger partial charge in [0.25, 0.3) is 0 Å². The van der Waals surface area contributed by atoms with Crippen molar-refractivity contribution in [2.45, 2.75) is 96.9 Å². The van der Waals surface area contributed by atoms with Gasteiger partial charge in [0.1, 0.15) is 5.82 Å². The lowest BCUT2D eigenvalue weighted by molar-refractivity contribution is -0.119. The van der Waals surface area contributed by atoms with Crippen molar-refractivity contribution >= 4 is 23.4 Å². The van der Waals surface area contributed by atoms with Gasteiger partial charge in [-0.15, -0.1) is 0 Å². The number of carbonyl (C=O) groups is 1. The zero-order chi connectivity index (χ0) is 34.2. The minimum absolute atomic E-state index is 0.173. The van der Waals surface area contributed by atoms with E-state index in [4.69, 9.17) is 14.7 Å². The molecular weight excluding hydrogens is 611 g/mol. The number of aromatic nitrogens is 2. The first-order valence-electron chi connectivity index (χ1n) is 17.8. The Kier molecular flexibility index (Phi) is 11.3. The Hall–Kier alpha value is -4.65.